The summed E-state index contributed by atoms with van der Waals surface area (Å²) in [5.74, 6) is 0. The molecule has 92 valence electrons. The standard InChI is InChI=1S/C13H25BO2/c1-7-9-11(10-8-2)14-15-12(3,4)13(5,6)16-14/h9H,7-8,10H2,1-6H3/b11-9-. The van der Waals surface area contributed by atoms with Crippen molar-refractivity contribution in [2.75, 3.05) is 0 Å². The minimum absolute atomic E-state index is 0.148. The second-order valence-corrected chi connectivity index (χ2v) is 5.53. The molecule has 1 heterocycles. The molecule has 0 unspecified atom stereocenters. The van der Waals surface area contributed by atoms with E-state index < -0.39 is 0 Å². The third kappa shape index (κ3) is 2.69. The molecule has 0 atom stereocenters. The topological polar surface area (TPSA) is 18.5 Å². The predicted octanol–water partition coefficient (Wildman–Crippen LogP) is 3.75. The van der Waals surface area contributed by atoms with Crippen molar-refractivity contribution in [3.05, 3.63) is 11.5 Å². The van der Waals surface area contributed by atoms with E-state index >= 15 is 0 Å². The first-order valence-corrected chi connectivity index (χ1v) is 6.38. The molecular weight excluding hydrogens is 199 g/mol. The van der Waals surface area contributed by atoms with Crippen molar-refractivity contribution in [2.24, 2.45) is 0 Å². The lowest BCUT2D eigenvalue weighted by molar-refractivity contribution is 0.00578. The predicted molar refractivity (Wildman–Crippen MR) is 69.4 cm³/mol. The Balaban J connectivity index is 2.80. The first-order chi connectivity index (χ1) is 7.34. The van der Waals surface area contributed by atoms with Crippen LogP contribution in [-0.4, -0.2) is 18.3 Å². The van der Waals surface area contributed by atoms with Gasteiger partial charge in [0, 0.05) is 0 Å². The van der Waals surface area contributed by atoms with E-state index in [0.29, 0.717) is 0 Å². The van der Waals surface area contributed by atoms with Gasteiger partial charge in [0.15, 0.2) is 0 Å². The van der Waals surface area contributed by atoms with Crippen LogP contribution in [0.1, 0.15) is 60.8 Å². The van der Waals surface area contributed by atoms with Crippen LogP contribution in [0.25, 0.3) is 0 Å². The quantitative estimate of drug-likeness (QED) is 0.677. The molecule has 0 radical (unpaired) electrons. The van der Waals surface area contributed by atoms with Crippen molar-refractivity contribution >= 4 is 7.12 Å². The molecule has 0 aliphatic carbocycles. The number of allylic oxidation sites excluding steroid dienone is 2. The molecule has 1 aliphatic rings. The van der Waals surface area contributed by atoms with Crippen LogP contribution in [0, 0.1) is 0 Å². The maximum Gasteiger partial charge on any atom is 0.490 e. The molecule has 1 fully saturated rings. The maximum atomic E-state index is 6.04. The molecule has 1 saturated heterocycles. The molecule has 0 spiro atoms. The van der Waals surface area contributed by atoms with E-state index in [1.54, 1.807) is 0 Å². The van der Waals surface area contributed by atoms with Gasteiger partial charge in [0.25, 0.3) is 0 Å². The zero-order valence-electron chi connectivity index (χ0n) is 11.6. The summed E-state index contributed by atoms with van der Waals surface area (Å²) in [7, 11) is -0.148. The first-order valence-electron chi connectivity index (χ1n) is 6.38. The number of rotatable bonds is 4. The number of hydrogen-bond donors (Lipinski definition) is 0. The van der Waals surface area contributed by atoms with Gasteiger partial charge in [-0.3, -0.25) is 0 Å². The van der Waals surface area contributed by atoms with E-state index in [2.05, 4.69) is 47.6 Å². The van der Waals surface area contributed by atoms with Crippen LogP contribution >= 0.6 is 0 Å². The van der Waals surface area contributed by atoms with Crippen LogP contribution < -0.4 is 0 Å². The third-order valence-corrected chi connectivity index (χ3v) is 3.56. The monoisotopic (exact) mass is 224 g/mol. The van der Waals surface area contributed by atoms with Crippen molar-refractivity contribution in [1.29, 1.82) is 0 Å². The highest BCUT2D eigenvalue weighted by Crippen LogP contribution is 2.39. The van der Waals surface area contributed by atoms with E-state index in [0.717, 1.165) is 19.3 Å². The van der Waals surface area contributed by atoms with E-state index in [-0.39, 0.29) is 18.3 Å². The van der Waals surface area contributed by atoms with Gasteiger partial charge in [0.05, 0.1) is 11.2 Å². The summed E-state index contributed by atoms with van der Waals surface area (Å²) < 4.78 is 12.1. The zero-order chi connectivity index (χ0) is 12.4. The largest absolute Gasteiger partial charge is 0.490 e. The summed E-state index contributed by atoms with van der Waals surface area (Å²) in [4.78, 5) is 0. The second-order valence-electron chi connectivity index (χ2n) is 5.53. The van der Waals surface area contributed by atoms with E-state index in [4.69, 9.17) is 9.31 Å². The van der Waals surface area contributed by atoms with Crippen LogP contribution in [0.3, 0.4) is 0 Å². The van der Waals surface area contributed by atoms with Crippen LogP contribution in [0.5, 0.6) is 0 Å². The van der Waals surface area contributed by atoms with Gasteiger partial charge >= 0.3 is 7.12 Å². The zero-order valence-corrected chi connectivity index (χ0v) is 11.6. The minimum Gasteiger partial charge on any atom is -0.400 e. The lowest BCUT2D eigenvalue weighted by Gasteiger charge is -2.32. The van der Waals surface area contributed by atoms with Crippen LogP contribution in [0.4, 0.5) is 0 Å². The fourth-order valence-electron chi connectivity index (χ4n) is 1.86. The highest BCUT2D eigenvalue weighted by atomic mass is 16.7. The Labute approximate surface area is 101 Å². The van der Waals surface area contributed by atoms with Crippen LogP contribution in [-0.2, 0) is 9.31 Å². The Kier molecular flexibility index (Phi) is 4.25. The van der Waals surface area contributed by atoms with Crippen molar-refractivity contribution in [3.63, 3.8) is 0 Å². The summed E-state index contributed by atoms with van der Waals surface area (Å²) in [6, 6.07) is 0. The average molecular weight is 224 g/mol. The van der Waals surface area contributed by atoms with Crippen molar-refractivity contribution in [1.82, 2.24) is 0 Å². The van der Waals surface area contributed by atoms with Crippen molar-refractivity contribution in [2.45, 2.75) is 72.0 Å². The minimum atomic E-state index is -0.224. The smallest absolute Gasteiger partial charge is 0.400 e. The molecule has 0 bridgehead atoms. The summed E-state index contributed by atoms with van der Waals surface area (Å²) in [5.41, 5.74) is 0.847. The lowest BCUT2D eigenvalue weighted by atomic mass is 9.75. The van der Waals surface area contributed by atoms with Crippen LogP contribution in [0.15, 0.2) is 11.5 Å². The molecule has 1 aliphatic heterocycles. The van der Waals surface area contributed by atoms with Gasteiger partial charge in [-0.2, -0.15) is 0 Å². The first kappa shape index (κ1) is 13.8. The highest BCUT2D eigenvalue weighted by molar-refractivity contribution is 6.54. The molecule has 0 aromatic heterocycles. The molecule has 0 aromatic carbocycles. The molecular formula is C13H25BO2. The summed E-state index contributed by atoms with van der Waals surface area (Å²) in [6.07, 6.45) is 5.48. The van der Waals surface area contributed by atoms with E-state index in [9.17, 15) is 0 Å². The van der Waals surface area contributed by atoms with E-state index in [1.165, 1.54) is 5.47 Å². The fraction of sp³-hybridized carbons (Fsp3) is 0.846. The second kappa shape index (κ2) is 4.93. The fourth-order valence-corrected chi connectivity index (χ4v) is 1.86. The molecule has 0 aromatic rings. The Morgan fingerprint density at radius 2 is 1.56 bits per heavy atom. The van der Waals surface area contributed by atoms with Gasteiger partial charge in [-0.1, -0.05) is 26.3 Å². The van der Waals surface area contributed by atoms with Gasteiger partial charge in [0.1, 0.15) is 0 Å². The molecule has 0 amide bonds. The maximum absolute atomic E-state index is 6.04. The Hall–Kier alpha value is -0.275. The summed E-state index contributed by atoms with van der Waals surface area (Å²) in [5, 5.41) is 0. The highest BCUT2D eigenvalue weighted by Gasteiger charge is 2.51. The Bertz CT molecular complexity index is 253. The summed E-state index contributed by atoms with van der Waals surface area (Å²) >= 11 is 0. The molecule has 0 saturated carbocycles. The third-order valence-electron chi connectivity index (χ3n) is 3.56. The van der Waals surface area contributed by atoms with Crippen LogP contribution in [0.2, 0.25) is 0 Å². The molecule has 1 rings (SSSR count). The molecule has 0 N–H and O–H groups in total. The molecule has 16 heavy (non-hydrogen) atoms. The normalized spacial score (nSPS) is 23.9. The van der Waals surface area contributed by atoms with Gasteiger partial charge < -0.3 is 9.31 Å². The van der Waals surface area contributed by atoms with Gasteiger partial charge in [0.2, 0.25) is 0 Å². The average Bonchev–Trinajstić information content (AvgIpc) is 2.36. The molecule has 3 heteroatoms. The van der Waals surface area contributed by atoms with Crippen molar-refractivity contribution in [3.8, 4) is 0 Å². The van der Waals surface area contributed by atoms with Crippen molar-refractivity contribution < 1.29 is 9.31 Å². The van der Waals surface area contributed by atoms with Gasteiger partial charge in [-0.25, -0.2) is 0 Å². The molecule has 2 nitrogen and oxygen atoms in total. The SMILES string of the molecule is CC/C=C(/CCC)B1OC(C)(C)C(C)(C)O1. The number of hydrogen-bond acceptors (Lipinski definition) is 2. The lowest BCUT2D eigenvalue weighted by Crippen LogP contribution is -2.41. The van der Waals surface area contributed by atoms with Gasteiger partial charge in [-0.05, 0) is 46.0 Å². The van der Waals surface area contributed by atoms with Gasteiger partial charge in [-0.15, -0.1) is 0 Å². The Morgan fingerprint density at radius 3 is 1.94 bits per heavy atom. The Morgan fingerprint density at radius 1 is 1.06 bits per heavy atom. The van der Waals surface area contributed by atoms with E-state index in [1.807, 2.05) is 0 Å². The summed E-state index contributed by atoms with van der Waals surface area (Å²) in [6.45, 7) is 12.7.